The fourth-order valence-electron chi connectivity index (χ4n) is 1.93. The average molecular weight is 228 g/mol. The van der Waals surface area contributed by atoms with Crippen molar-refractivity contribution in [1.29, 1.82) is 0 Å². The third kappa shape index (κ3) is 2.74. The van der Waals surface area contributed by atoms with Crippen molar-refractivity contribution < 1.29 is 19.1 Å². The minimum atomic E-state index is -0.628. The SMILES string of the molecule is COC(=O)C1(CC(=O)OC(C)(C)C)CC1C. The van der Waals surface area contributed by atoms with Gasteiger partial charge in [-0.05, 0) is 33.1 Å². The Kier molecular flexibility index (Phi) is 3.31. The average Bonchev–Trinajstić information content (AvgIpc) is 2.72. The largest absolute Gasteiger partial charge is 0.469 e. The van der Waals surface area contributed by atoms with Gasteiger partial charge in [-0.15, -0.1) is 0 Å². The normalized spacial score (nSPS) is 28.4. The molecule has 0 aromatic carbocycles. The molecule has 2 atom stereocenters. The zero-order chi connectivity index (χ0) is 12.6. The van der Waals surface area contributed by atoms with Gasteiger partial charge in [0.15, 0.2) is 0 Å². The van der Waals surface area contributed by atoms with Crippen LogP contribution in [-0.2, 0) is 19.1 Å². The summed E-state index contributed by atoms with van der Waals surface area (Å²) < 4.78 is 9.94. The Balaban J connectivity index is 2.59. The molecule has 4 nitrogen and oxygen atoms in total. The Labute approximate surface area is 96.3 Å². The highest BCUT2D eigenvalue weighted by Crippen LogP contribution is 2.56. The van der Waals surface area contributed by atoms with Crippen LogP contribution in [0.1, 0.15) is 40.5 Å². The summed E-state index contributed by atoms with van der Waals surface area (Å²) in [5, 5.41) is 0. The van der Waals surface area contributed by atoms with Gasteiger partial charge in [0.1, 0.15) is 5.60 Å². The van der Waals surface area contributed by atoms with E-state index in [0.29, 0.717) is 6.42 Å². The number of rotatable bonds is 3. The molecule has 16 heavy (non-hydrogen) atoms. The van der Waals surface area contributed by atoms with Crippen LogP contribution >= 0.6 is 0 Å². The number of hydrogen-bond acceptors (Lipinski definition) is 4. The van der Waals surface area contributed by atoms with Crippen molar-refractivity contribution in [3.05, 3.63) is 0 Å². The van der Waals surface area contributed by atoms with E-state index in [4.69, 9.17) is 9.47 Å². The molecule has 0 aliphatic heterocycles. The first kappa shape index (κ1) is 13.0. The Bertz CT molecular complexity index is 303. The van der Waals surface area contributed by atoms with Gasteiger partial charge in [0.05, 0.1) is 18.9 Å². The van der Waals surface area contributed by atoms with Crippen molar-refractivity contribution in [2.24, 2.45) is 11.3 Å². The van der Waals surface area contributed by atoms with Crippen LogP contribution in [0.3, 0.4) is 0 Å². The van der Waals surface area contributed by atoms with Crippen molar-refractivity contribution in [2.45, 2.75) is 46.1 Å². The lowest BCUT2D eigenvalue weighted by Crippen LogP contribution is -2.29. The molecule has 0 amide bonds. The van der Waals surface area contributed by atoms with E-state index in [1.54, 1.807) is 0 Å². The first-order chi connectivity index (χ1) is 7.21. The number of esters is 2. The number of methoxy groups -OCH3 is 1. The van der Waals surface area contributed by atoms with Crippen LogP contribution in [0, 0.1) is 11.3 Å². The van der Waals surface area contributed by atoms with E-state index < -0.39 is 11.0 Å². The lowest BCUT2D eigenvalue weighted by Gasteiger charge is -2.21. The molecule has 0 N–H and O–H groups in total. The molecule has 1 saturated carbocycles. The first-order valence-electron chi connectivity index (χ1n) is 5.51. The summed E-state index contributed by atoms with van der Waals surface area (Å²) in [5.41, 5.74) is -1.14. The summed E-state index contributed by atoms with van der Waals surface area (Å²) in [6.45, 7) is 7.38. The predicted octanol–water partition coefficient (Wildman–Crippen LogP) is 1.92. The highest BCUT2D eigenvalue weighted by atomic mass is 16.6. The topological polar surface area (TPSA) is 52.6 Å². The maximum Gasteiger partial charge on any atom is 0.312 e. The second-order valence-corrected chi connectivity index (χ2v) is 5.52. The van der Waals surface area contributed by atoms with E-state index in [1.165, 1.54) is 7.11 Å². The minimum Gasteiger partial charge on any atom is -0.469 e. The van der Waals surface area contributed by atoms with E-state index in [2.05, 4.69) is 0 Å². The summed E-state index contributed by atoms with van der Waals surface area (Å²) in [4.78, 5) is 23.2. The van der Waals surface area contributed by atoms with Crippen LogP contribution in [0.15, 0.2) is 0 Å². The molecule has 0 aromatic rings. The van der Waals surface area contributed by atoms with Gasteiger partial charge in [-0.2, -0.15) is 0 Å². The summed E-state index contributed by atoms with van der Waals surface area (Å²) in [6.07, 6.45) is 0.830. The molecule has 4 heteroatoms. The number of carbonyl (C=O) groups is 2. The molecular formula is C12H20O4. The fraction of sp³-hybridized carbons (Fsp3) is 0.833. The molecule has 0 aromatic heterocycles. The molecule has 0 spiro atoms. The van der Waals surface area contributed by atoms with Crippen LogP contribution in [0.2, 0.25) is 0 Å². The van der Waals surface area contributed by atoms with Crippen molar-refractivity contribution in [2.75, 3.05) is 7.11 Å². The number of carbonyl (C=O) groups excluding carboxylic acids is 2. The summed E-state index contributed by atoms with van der Waals surface area (Å²) in [6, 6.07) is 0. The van der Waals surface area contributed by atoms with Gasteiger partial charge in [-0.1, -0.05) is 6.92 Å². The molecule has 1 aliphatic carbocycles. The van der Waals surface area contributed by atoms with Crippen LogP contribution in [0.5, 0.6) is 0 Å². The molecular weight excluding hydrogens is 208 g/mol. The van der Waals surface area contributed by atoms with Crippen LogP contribution in [0.25, 0.3) is 0 Å². The quantitative estimate of drug-likeness (QED) is 0.692. The van der Waals surface area contributed by atoms with Crippen molar-refractivity contribution >= 4 is 11.9 Å². The van der Waals surface area contributed by atoms with Gasteiger partial charge >= 0.3 is 11.9 Å². The second kappa shape index (κ2) is 4.07. The highest BCUT2D eigenvalue weighted by Gasteiger charge is 2.59. The molecule has 1 fully saturated rings. The second-order valence-electron chi connectivity index (χ2n) is 5.52. The Hall–Kier alpha value is -1.06. The number of ether oxygens (including phenoxy) is 2. The lowest BCUT2D eigenvalue weighted by atomic mass is 10.00. The monoisotopic (exact) mass is 228 g/mol. The molecule has 92 valence electrons. The van der Waals surface area contributed by atoms with Crippen molar-refractivity contribution in [3.63, 3.8) is 0 Å². The predicted molar refractivity (Wildman–Crippen MR) is 58.7 cm³/mol. The number of hydrogen-bond donors (Lipinski definition) is 0. The molecule has 0 radical (unpaired) electrons. The van der Waals surface area contributed by atoms with Gasteiger partial charge < -0.3 is 9.47 Å². The highest BCUT2D eigenvalue weighted by molar-refractivity contribution is 5.86. The van der Waals surface area contributed by atoms with Crippen LogP contribution < -0.4 is 0 Å². The van der Waals surface area contributed by atoms with E-state index in [0.717, 1.165) is 0 Å². The fourth-order valence-corrected chi connectivity index (χ4v) is 1.93. The molecule has 1 rings (SSSR count). The van der Waals surface area contributed by atoms with Crippen LogP contribution in [0.4, 0.5) is 0 Å². The van der Waals surface area contributed by atoms with Gasteiger partial charge in [0, 0.05) is 0 Å². The maximum atomic E-state index is 11.7. The molecule has 0 heterocycles. The van der Waals surface area contributed by atoms with Gasteiger partial charge in [-0.25, -0.2) is 0 Å². The van der Waals surface area contributed by atoms with E-state index in [-0.39, 0.29) is 24.3 Å². The lowest BCUT2D eigenvalue weighted by molar-refractivity contribution is -0.162. The zero-order valence-corrected chi connectivity index (χ0v) is 10.6. The van der Waals surface area contributed by atoms with E-state index in [1.807, 2.05) is 27.7 Å². The molecule has 2 unspecified atom stereocenters. The smallest absolute Gasteiger partial charge is 0.312 e. The third-order valence-corrected chi connectivity index (χ3v) is 2.93. The van der Waals surface area contributed by atoms with Crippen LogP contribution in [-0.4, -0.2) is 24.6 Å². The van der Waals surface area contributed by atoms with Crippen molar-refractivity contribution in [1.82, 2.24) is 0 Å². The third-order valence-electron chi connectivity index (χ3n) is 2.93. The van der Waals surface area contributed by atoms with Gasteiger partial charge in [0.25, 0.3) is 0 Å². The minimum absolute atomic E-state index is 0.123. The summed E-state index contributed by atoms with van der Waals surface area (Å²) >= 11 is 0. The molecule has 0 bridgehead atoms. The Morgan fingerprint density at radius 1 is 1.38 bits per heavy atom. The molecule has 1 aliphatic rings. The Morgan fingerprint density at radius 2 is 1.88 bits per heavy atom. The standard InChI is InChI=1S/C12H20O4/c1-8-6-12(8,10(14)15-5)7-9(13)16-11(2,3)4/h8H,6-7H2,1-5H3. The Morgan fingerprint density at radius 3 is 2.19 bits per heavy atom. The summed E-state index contributed by atoms with van der Waals surface area (Å²) in [5.74, 6) is -0.430. The van der Waals surface area contributed by atoms with E-state index >= 15 is 0 Å². The van der Waals surface area contributed by atoms with E-state index in [9.17, 15) is 9.59 Å². The van der Waals surface area contributed by atoms with Crippen molar-refractivity contribution in [3.8, 4) is 0 Å². The van der Waals surface area contributed by atoms with Gasteiger partial charge in [-0.3, -0.25) is 9.59 Å². The molecule has 0 saturated heterocycles. The zero-order valence-electron chi connectivity index (χ0n) is 10.6. The maximum absolute atomic E-state index is 11.7. The summed E-state index contributed by atoms with van der Waals surface area (Å²) in [7, 11) is 1.35. The van der Waals surface area contributed by atoms with Gasteiger partial charge in [0.2, 0.25) is 0 Å². The first-order valence-corrected chi connectivity index (χ1v) is 5.51.